The molecule has 19 heavy (non-hydrogen) atoms. The van der Waals surface area contributed by atoms with Crippen LogP contribution < -0.4 is 5.32 Å². The highest BCUT2D eigenvalue weighted by Crippen LogP contribution is 2.21. The van der Waals surface area contributed by atoms with Crippen LogP contribution in [0.15, 0.2) is 35.7 Å². The Labute approximate surface area is 118 Å². The standard InChI is InChI=1S/C15H20N2OS/c1-15(2,11-18)10-16-8-14-17-13(9-19-14)12-6-4-3-5-7-12/h3-7,9,16,18H,8,10-11H2,1-2H3. The Morgan fingerprint density at radius 1 is 1.26 bits per heavy atom. The number of benzene rings is 1. The first kappa shape index (κ1) is 14.2. The SMILES string of the molecule is CC(C)(CO)CNCc1nc(-c2ccccc2)cs1. The Morgan fingerprint density at radius 2 is 2.00 bits per heavy atom. The van der Waals surface area contributed by atoms with E-state index in [4.69, 9.17) is 0 Å². The average molecular weight is 276 g/mol. The zero-order chi connectivity index (χ0) is 13.7. The third-order valence-electron chi connectivity index (χ3n) is 2.93. The van der Waals surface area contributed by atoms with Crippen molar-refractivity contribution in [1.29, 1.82) is 0 Å². The molecule has 0 unspecified atom stereocenters. The van der Waals surface area contributed by atoms with Crippen molar-refractivity contribution in [2.24, 2.45) is 5.41 Å². The Balaban J connectivity index is 1.92. The number of hydrogen-bond acceptors (Lipinski definition) is 4. The molecule has 4 heteroatoms. The van der Waals surface area contributed by atoms with Crippen LogP contribution in [0.4, 0.5) is 0 Å². The Hall–Kier alpha value is -1.23. The van der Waals surface area contributed by atoms with Crippen molar-refractivity contribution in [2.75, 3.05) is 13.2 Å². The Kier molecular flexibility index (Phi) is 4.69. The van der Waals surface area contributed by atoms with E-state index in [9.17, 15) is 5.11 Å². The fourth-order valence-electron chi connectivity index (χ4n) is 1.70. The lowest BCUT2D eigenvalue weighted by Crippen LogP contribution is -2.31. The normalized spacial score (nSPS) is 11.7. The van der Waals surface area contributed by atoms with Crippen molar-refractivity contribution < 1.29 is 5.11 Å². The van der Waals surface area contributed by atoms with Gasteiger partial charge >= 0.3 is 0 Å². The van der Waals surface area contributed by atoms with Crippen LogP contribution in [0, 0.1) is 5.41 Å². The molecule has 1 heterocycles. The van der Waals surface area contributed by atoms with Crippen molar-refractivity contribution in [3.8, 4) is 11.3 Å². The van der Waals surface area contributed by atoms with E-state index in [1.54, 1.807) is 11.3 Å². The molecule has 0 saturated carbocycles. The van der Waals surface area contributed by atoms with Gasteiger partial charge in [-0.15, -0.1) is 11.3 Å². The minimum atomic E-state index is -0.0838. The number of aliphatic hydroxyl groups is 1. The van der Waals surface area contributed by atoms with Gasteiger partial charge in [-0.3, -0.25) is 0 Å². The molecule has 1 aromatic heterocycles. The van der Waals surface area contributed by atoms with Gasteiger partial charge in [0, 0.05) is 36.1 Å². The molecular weight excluding hydrogens is 256 g/mol. The van der Waals surface area contributed by atoms with Crippen LogP contribution in [0.25, 0.3) is 11.3 Å². The van der Waals surface area contributed by atoms with Crippen molar-refractivity contribution in [3.05, 3.63) is 40.7 Å². The lowest BCUT2D eigenvalue weighted by molar-refractivity contribution is 0.156. The van der Waals surface area contributed by atoms with Crippen LogP contribution in [0.1, 0.15) is 18.9 Å². The molecule has 0 fully saturated rings. The molecular formula is C15H20N2OS. The van der Waals surface area contributed by atoms with Crippen LogP contribution in [-0.2, 0) is 6.54 Å². The lowest BCUT2D eigenvalue weighted by atomic mass is 9.95. The van der Waals surface area contributed by atoms with Crippen molar-refractivity contribution in [3.63, 3.8) is 0 Å². The fraction of sp³-hybridized carbons (Fsp3) is 0.400. The van der Waals surface area contributed by atoms with E-state index in [2.05, 4.69) is 27.8 Å². The number of nitrogens with one attached hydrogen (secondary N) is 1. The van der Waals surface area contributed by atoms with Crippen LogP contribution in [0.2, 0.25) is 0 Å². The summed E-state index contributed by atoms with van der Waals surface area (Å²) in [6.07, 6.45) is 0. The second kappa shape index (κ2) is 6.28. The maximum atomic E-state index is 9.19. The van der Waals surface area contributed by atoms with Gasteiger partial charge in [-0.25, -0.2) is 4.98 Å². The van der Waals surface area contributed by atoms with E-state index in [0.29, 0.717) is 0 Å². The first-order valence-electron chi connectivity index (χ1n) is 6.42. The maximum absolute atomic E-state index is 9.19. The number of hydrogen-bond donors (Lipinski definition) is 2. The summed E-state index contributed by atoms with van der Waals surface area (Å²) in [5.41, 5.74) is 2.10. The summed E-state index contributed by atoms with van der Waals surface area (Å²) < 4.78 is 0. The molecule has 102 valence electrons. The van der Waals surface area contributed by atoms with Crippen molar-refractivity contribution >= 4 is 11.3 Å². The fourth-order valence-corrected chi connectivity index (χ4v) is 2.47. The van der Waals surface area contributed by atoms with Crippen LogP contribution in [-0.4, -0.2) is 23.2 Å². The second-order valence-corrected chi connectivity index (χ2v) is 6.36. The van der Waals surface area contributed by atoms with Crippen LogP contribution in [0.3, 0.4) is 0 Å². The minimum Gasteiger partial charge on any atom is -0.396 e. The summed E-state index contributed by atoms with van der Waals surface area (Å²) in [6.45, 7) is 5.80. The van der Waals surface area contributed by atoms with E-state index in [-0.39, 0.29) is 12.0 Å². The molecule has 0 atom stereocenters. The van der Waals surface area contributed by atoms with Crippen LogP contribution in [0.5, 0.6) is 0 Å². The summed E-state index contributed by atoms with van der Waals surface area (Å²) in [5, 5.41) is 15.7. The predicted octanol–water partition coefficient (Wildman–Crippen LogP) is 2.92. The molecule has 0 amide bonds. The Bertz CT molecular complexity index is 508. The first-order valence-corrected chi connectivity index (χ1v) is 7.30. The summed E-state index contributed by atoms with van der Waals surface area (Å²) in [7, 11) is 0. The highest BCUT2D eigenvalue weighted by molar-refractivity contribution is 7.09. The van der Waals surface area contributed by atoms with Crippen molar-refractivity contribution in [1.82, 2.24) is 10.3 Å². The molecule has 0 aliphatic heterocycles. The van der Waals surface area contributed by atoms with Gasteiger partial charge in [-0.1, -0.05) is 44.2 Å². The number of rotatable bonds is 6. The third kappa shape index (κ3) is 4.13. The number of aromatic nitrogens is 1. The van der Waals surface area contributed by atoms with Gasteiger partial charge in [-0.05, 0) is 0 Å². The van der Waals surface area contributed by atoms with E-state index in [1.807, 2.05) is 32.0 Å². The molecule has 0 radical (unpaired) electrons. The molecule has 0 aliphatic rings. The molecule has 2 N–H and O–H groups in total. The summed E-state index contributed by atoms with van der Waals surface area (Å²) in [5.74, 6) is 0. The monoisotopic (exact) mass is 276 g/mol. The predicted molar refractivity (Wildman–Crippen MR) is 80.1 cm³/mol. The van der Waals surface area contributed by atoms with E-state index in [0.717, 1.165) is 29.4 Å². The quantitative estimate of drug-likeness (QED) is 0.852. The number of nitrogens with zero attached hydrogens (tertiary/aromatic N) is 1. The molecule has 2 rings (SSSR count). The van der Waals surface area contributed by atoms with Gasteiger partial charge in [0.25, 0.3) is 0 Å². The molecule has 3 nitrogen and oxygen atoms in total. The number of aliphatic hydroxyl groups excluding tert-OH is 1. The molecule has 0 bridgehead atoms. The van der Waals surface area contributed by atoms with Gasteiger partial charge in [0.2, 0.25) is 0 Å². The summed E-state index contributed by atoms with van der Waals surface area (Å²) >= 11 is 1.67. The summed E-state index contributed by atoms with van der Waals surface area (Å²) in [6, 6.07) is 10.2. The van der Waals surface area contributed by atoms with E-state index >= 15 is 0 Å². The molecule has 0 saturated heterocycles. The van der Waals surface area contributed by atoms with E-state index < -0.39 is 0 Å². The molecule has 2 aromatic rings. The lowest BCUT2D eigenvalue weighted by Gasteiger charge is -2.21. The topological polar surface area (TPSA) is 45.1 Å². The smallest absolute Gasteiger partial charge is 0.107 e. The average Bonchev–Trinajstić information content (AvgIpc) is 2.88. The zero-order valence-corrected chi connectivity index (χ0v) is 12.2. The maximum Gasteiger partial charge on any atom is 0.107 e. The minimum absolute atomic E-state index is 0.0838. The molecule has 0 aliphatic carbocycles. The largest absolute Gasteiger partial charge is 0.396 e. The zero-order valence-electron chi connectivity index (χ0n) is 11.4. The second-order valence-electron chi connectivity index (χ2n) is 5.42. The van der Waals surface area contributed by atoms with Crippen molar-refractivity contribution in [2.45, 2.75) is 20.4 Å². The van der Waals surface area contributed by atoms with Gasteiger partial charge in [0.1, 0.15) is 5.01 Å². The molecule has 0 spiro atoms. The van der Waals surface area contributed by atoms with E-state index in [1.165, 1.54) is 0 Å². The van der Waals surface area contributed by atoms with Gasteiger partial charge < -0.3 is 10.4 Å². The highest BCUT2D eigenvalue weighted by Gasteiger charge is 2.15. The third-order valence-corrected chi connectivity index (χ3v) is 3.78. The van der Waals surface area contributed by atoms with Gasteiger partial charge in [0.05, 0.1) is 5.69 Å². The Morgan fingerprint density at radius 3 is 2.68 bits per heavy atom. The first-order chi connectivity index (χ1) is 9.11. The highest BCUT2D eigenvalue weighted by atomic mass is 32.1. The van der Waals surface area contributed by atoms with Gasteiger partial charge in [0.15, 0.2) is 0 Å². The number of thiazole rings is 1. The summed E-state index contributed by atoms with van der Waals surface area (Å²) in [4.78, 5) is 4.62. The van der Waals surface area contributed by atoms with Crippen LogP contribution >= 0.6 is 11.3 Å². The van der Waals surface area contributed by atoms with Gasteiger partial charge in [-0.2, -0.15) is 0 Å². The molecule has 1 aromatic carbocycles.